The summed E-state index contributed by atoms with van der Waals surface area (Å²) in [5, 5.41) is 6.78. The lowest BCUT2D eigenvalue weighted by Crippen LogP contribution is -2.39. The number of nitrogens with one attached hydrogen (secondary N) is 2. The number of rotatable bonds is 4. The molecule has 3 aliphatic rings. The van der Waals surface area contributed by atoms with E-state index in [-0.39, 0.29) is 24.4 Å². The number of carbonyl (C=O) groups is 1. The number of carbonyl (C=O) groups excluding carboxylic acids is 1. The first-order chi connectivity index (χ1) is 11.5. The molecule has 0 bridgehead atoms. The topological polar surface area (TPSA) is 66.5 Å². The third-order valence-corrected chi connectivity index (χ3v) is 5.64. The summed E-state index contributed by atoms with van der Waals surface area (Å²) in [7, 11) is 0. The van der Waals surface area contributed by atoms with E-state index in [0.717, 1.165) is 44.8 Å². The monoisotopic (exact) mass is 386 g/mol. The van der Waals surface area contributed by atoms with Crippen molar-refractivity contribution in [1.82, 2.24) is 15.2 Å². The van der Waals surface area contributed by atoms with Crippen LogP contribution in [0, 0.1) is 5.41 Å². The molecule has 1 aliphatic carbocycles. The molecule has 138 valence electrons. The van der Waals surface area contributed by atoms with Gasteiger partial charge in [0.1, 0.15) is 11.0 Å². The minimum atomic E-state index is -0.134. The number of hydrogen-bond donors (Lipinski definition) is 2. The van der Waals surface area contributed by atoms with Crippen molar-refractivity contribution in [3.63, 3.8) is 0 Å². The molecule has 3 atom stereocenters. The molecule has 0 aromatic carbocycles. The van der Waals surface area contributed by atoms with Crippen molar-refractivity contribution in [3.8, 4) is 0 Å². The number of piperidine rings is 1. The second-order valence-electron chi connectivity index (χ2n) is 7.35. The SMILES string of the molecule is CC12CC(C(=O)Nc3nc(Cl)ccc3CN3CCOCC3)NC1C2.Cl. The Labute approximate surface area is 159 Å². The third kappa shape index (κ3) is 4.09. The van der Waals surface area contributed by atoms with E-state index in [1.807, 2.05) is 6.07 Å². The lowest BCUT2D eigenvalue weighted by atomic mass is 10.0. The highest BCUT2D eigenvalue weighted by molar-refractivity contribution is 6.29. The van der Waals surface area contributed by atoms with Gasteiger partial charge in [-0.2, -0.15) is 0 Å². The summed E-state index contributed by atoms with van der Waals surface area (Å²) >= 11 is 6.04. The number of pyridine rings is 1. The molecule has 1 aromatic heterocycles. The van der Waals surface area contributed by atoms with Crippen LogP contribution in [0.2, 0.25) is 5.15 Å². The number of aromatic nitrogens is 1. The van der Waals surface area contributed by atoms with Gasteiger partial charge in [-0.25, -0.2) is 4.98 Å². The molecule has 0 spiro atoms. The summed E-state index contributed by atoms with van der Waals surface area (Å²) in [6, 6.07) is 4.08. The molecule has 3 heterocycles. The average molecular weight is 387 g/mol. The van der Waals surface area contributed by atoms with Gasteiger partial charge in [-0.05, 0) is 24.3 Å². The molecule has 2 N–H and O–H groups in total. The number of fused-ring (bicyclic) bond motifs is 1. The summed E-state index contributed by atoms with van der Waals surface area (Å²) in [6.45, 7) is 6.24. The van der Waals surface area contributed by atoms with Crippen molar-refractivity contribution in [3.05, 3.63) is 22.8 Å². The zero-order valence-electron chi connectivity index (χ0n) is 14.3. The molecule has 3 fully saturated rings. The van der Waals surface area contributed by atoms with E-state index in [4.69, 9.17) is 16.3 Å². The molecule has 1 saturated carbocycles. The molecule has 8 heteroatoms. The Morgan fingerprint density at radius 1 is 1.44 bits per heavy atom. The highest BCUT2D eigenvalue weighted by atomic mass is 35.5. The van der Waals surface area contributed by atoms with Crippen LogP contribution < -0.4 is 10.6 Å². The summed E-state index contributed by atoms with van der Waals surface area (Å²) in [5.74, 6) is 0.563. The van der Waals surface area contributed by atoms with Gasteiger partial charge >= 0.3 is 0 Å². The van der Waals surface area contributed by atoms with Crippen LogP contribution in [0.3, 0.4) is 0 Å². The molecule has 0 radical (unpaired) electrons. The van der Waals surface area contributed by atoms with Crippen molar-refractivity contribution < 1.29 is 9.53 Å². The van der Waals surface area contributed by atoms with Crippen LogP contribution in [0.1, 0.15) is 25.3 Å². The molecule has 4 rings (SSSR count). The van der Waals surface area contributed by atoms with Gasteiger partial charge < -0.3 is 15.4 Å². The molecule has 1 amide bonds. The number of halogens is 2. The number of nitrogens with zero attached hydrogens (tertiary/aromatic N) is 2. The van der Waals surface area contributed by atoms with Crippen molar-refractivity contribution in [2.24, 2.45) is 5.41 Å². The van der Waals surface area contributed by atoms with E-state index < -0.39 is 0 Å². The van der Waals surface area contributed by atoms with Gasteiger partial charge in [0.05, 0.1) is 19.3 Å². The highest BCUT2D eigenvalue weighted by Crippen LogP contribution is 2.53. The van der Waals surface area contributed by atoms with Crippen LogP contribution in [-0.4, -0.2) is 54.2 Å². The van der Waals surface area contributed by atoms with E-state index >= 15 is 0 Å². The number of morpholine rings is 1. The van der Waals surface area contributed by atoms with E-state index in [1.165, 1.54) is 6.42 Å². The fourth-order valence-corrected chi connectivity index (χ4v) is 3.88. The van der Waals surface area contributed by atoms with E-state index in [2.05, 4.69) is 27.4 Å². The van der Waals surface area contributed by atoms with E-state index in [0.29, 0.717) is 22.4 Å². The Kier molecular flexibility index (Phi) is 5.56. The molecule has 6 nitrogen and oxygen atoms in total. The summed E-state index contributed by atoms with van der Waals surface area (Å²) in [5.41, 5.74) is 1.30. The first kappa shape index (κ1) is 18.9. The molecule has 25 heavy (non-hydrogen) atoms. The molecule has 2 saturated heterocycles. The second-order valence-corrected chi connectivity index (χ2v) is 7.74. The summed E-state index contributed by atoms with van der Waals surface area (Å²) < 4.78 is 5.39. The van der Waals surface area contributed by atoms with Gasteiger partial charge in [-0.3, -0.25) is 9.69 Å². The minimum Gasteiger partial charge on any atom is -0.379 e. The van der Waals surface area contributed by atoms with Crippen LogP contribution in [0.15, 0.2) is 12.1 Å². The Balaban J connectivity index is 0.00000182. The fraction of sp³-hybridized carbons (Fsp3) is 0.647. The van der Waals surface area contributed by atoms with Crippen molar-refractivity contribution in [2.75, 3.05) is 31.6 Å². The lowest BCUT2D eigenvalue weighted by molar-refractivity contribution is -0.118. The predicted octanol–water partition coefficient (Wildman–Crippen LogP) is 2.07. The normalized spacial score (nSPS) is 31.1. The van der Waals surface area contributed by atoms with Gasteiger partial charge in [0.25, 0.3) is 0 Å². The zero-order valence-corrected chi connectivity index (χ0v) is 15.8. The number of hydrogen-bond acceptors (Lipinski definition) is 5. The Morgan fingerprint density at radius 2 is 2.20 bits per heavy atom. The van der Waals surface area contributed by atoms with Gasteiger partial charge in [0, 0.05) is 31.2 Å². The van der Waals surface area contributed by atoms with Gasteiger partial charge in [0.15, 0.2) is 0 Å². The Hall–Kier alpha value is -0.920. The molecule has 2 aliphatic heterocycles. The Morgan fingerprint density at radius 3 is 2.88 bits per heavy atom. The van der Waals surface area contributed by atoms with Gasteiger partial charge in [-0.1, -0.05) is 24.6 Å². The first-order valence-electron chi connectivity index (χ1n) is 8.56. The molecular formula is C17H24Cl2N4O2. The third-order valence-electron chi connectivity index (χ3n) is 5.42. The van der Waals surface area contributed by atoms with E-state index in [1.54, 1.807) is 6.07 Å². The molecular weight excluding hydrogens is 363 g/mol. The van der Waals surface area contributed by atoms with Crippen molar-refractivity contribution >= 4 is 35.7 Å². The smallest absolute Gasteiger partial charge is 0.242 e. The second kappa shape index (κ2) is 7.37. The summed E-state index contributed by atoms with van der Waals surface area (Å²) in [6.07, 6.45) is 2.07. The van der Waals surface area contributed by atoms with Crippen LogP contribution in [0.5, 0.6) is 0 Å². The van der Waals surface area contributed by atoms with Crippen molar-refractivity contribution in [1.29, 1.82) is 0 Å². The average Bonchev–Trinajstić information content (AvgIpc) is 3.08. The highest BCUT2D eigenvalue weighted by Gasteiger charge is 2.58. The first-order valence-corrected chi connectivity index (χ1v) is 8.94. The molecule has 3 unspecified atom stereocenters. The minimum absolute atomic E-state index is 0. The fourth-order valence-electron chi connectivity index (χ4n) is 3.73. The maximum absolute atomic E-state index is 12.6. The largest absolute Gasteiger partial charge is 0.379 e. The Bertz CT molecular complexity index is 654. The van der Waals surface area contributed by atoms with E-state index in [9.17, 15) is 4.79 Å². The van der Waals surface area contributed by atoms with Crippen LogP contribution >= 0.6 is 24.0 Å². The maximum atomic E-state index is 12.6. The number of amides is 1. The zero-order chi connectivity index (χ0) is 16.7. The number of ether oxygens (including phenoxy) is 1. The predicted molar refractivity (Wildman–Crippen MR) is 99.3 cm³/mol. The lowest BCUT2D eigenvalue weighted by Gasteiger charge is -2.27. The van der Waals surface area contributed by atoms with Crippen molar-refractivity contribution in [2.45, 2.75) is 38.4 Å². The van der Waals surface area contributed by atoms with Crippen LogP contribution in [-0.2, 0) is 16.1 Å². The van der Waals surface area contributed by atoms with Gasteiger partial charge in [0.2, 0.25) is 5.91 Å². The standard InChI is InChI=1S/C17H23ClN4O2.ClH/c1-17-8-12(19-13(17)9-17)16(23)21-15-11(2-3-14(18)20-15)10-22-4-6-24-7-5-22;/h2-3,12-13,19H,4-10H2,1H3,(H,20,21,23);1H. The quantitative estimate of drug-likeness (QED) is 0.775. The van der Waals surface area contributed by atoms with Gasteiger partial charge in [-0.15, -0.1) is 12.4 Å². The molecule has 1 aromatic rings. The summed E-state index contributed by atoms with van der Waals surface area (Å²) in [4.78, 5) is 19.2. The van der Waals surface area contributed by atoms with Crippen LogP contribution in [0.4, 0.5) is 5.82 Å². The maximum Gasteiger partial charge on any atom is 0.242 e. The van der Waals surface area contributed by atoms with Crippen LogP contribution in [0.25, 0.3) is 0 Å². The number of anilines is 1.